The second-order valence-electron chi connectivity index (χ2n) is 1.50. The third-order valence-electron chi connectivity index (χ3n) is 0.818. The molecule has 0 spiro atoms. The summed E-state index contributed by atoms with van der Waals surface area (Å²) in [6.45, 7) is 2.16. The van der Waals surface area contributed by atoms with E-state index in [4.69, 9.17) is 0 Å². The third kappa shape index (κ3) is 0.697. The third-order valence-corrected chi connectivity index (χ3v) is 0.818. The van der Waals surface area contributed by atoms with Crippen LogP contribution in [0.25, 0.3) is 0 Å². The molecule has 1 heterocycles. The van der Waals surface area contributed by atoms with Crippen LogP contribution in [0.15, 0.2) is 0 Å². The molecule has 1 rings (SSSR count). The SMILES string of the molecule is CCCC1=[N+]=C1. The number of rotatable bonds is 2. The van der Waals surface area contributed by atoms with Crippen molar-refractivity contribution in [3.05, 3.63) is 0 Å². The topological polar surface area (TPSA) is 14.1 Å². The maximum atomic E-state index is 3.88. The standard InChI is InChI=1S/C5H8N/c1-2-3-5-4-6-5/h4H,2-3H2,1H3/q+1. The second kappa shape index (κ2) is 1.27. The normalized spacial score (nSPS) is 14.5. The summed E-state index contributed by atoms with van der Waals surface area (Å²) in [6, 6.07) is 0. The molecular weight excluding hydrogens is 74.1 g/mol. The van der Waals surface area contributed by atoms with Crippen molar-refractivity contribution >= 4 is 11.9 Å². The fraction of sp³-hybridized carbons (Fsp3) is 0.600. The maximum Gasteiger partial charge on any atom is 0.384 e. The molecule has 0 aliphatic carbocycles. The van der Waals surface area contributed by atoms with Gasteiger partial charge in [0.05, 0.1) is 6.42 Å². The molecule has 0 amide bonds. The first-order valence-electron chi connectivity index (χ1n) is 2.33. The summed E-state index contributed by atoms with van der Waals surface area (Å²) in [7, 11) is 0. The van der Waals surface area contributed by atoms with Crippen molar-refractivity contribution in [1.82, 2.24) is 4.67 Å². The molecule has 0 bridgehead atoms. The average Bonchev–Trinajstić information content (AvgIpc) is 2.21. The van der Waals surface area contributed by atoms with E-state index in [0.717, 1.165) is 0 Å². The molecule has 0 aromatic carbocycles. The van der Waals surface area contributed by atoms with Gasteiger partial charge in [0.1, 0.15) is 0 Å². The molecule has 1 aliphatic heterocycles. The van der Waals surface area contributed by atoms with E-state index in [9.17, 15) is 0 Å². The summed E-state index contributed by atoms with van der Waals surface area (Å²) in [5.41, 5.74) is 1.29. The van der Waals surface area contributed by atoms with Gasteiger partial charge >= 0.3 is 11.9 Å². The van der Waals surface area contributed by atoms with E-state index in [1.807, 2.05) is 6.21 Å². The van der Waals surface area contributed by atoms with Crippen LogP contribution in [0.2, 0.25) is 0 Å². The highest BCUT2D eigenvalue weighted by Crippen LogP contribution is 1.87. The molecule has 1 nitrogen and oxygen atoms in total. The van der Waals surface area contributed by atoms with Crippen LogP contribution in [-0.4, -0.2) is 11.9 Å². The van der Waals surface area contributed by atoms with E-state index in [-0.39, 0.29) is 0 Å². The molecule has 6 heavy (non-hydrogen) atoms. The molecule has 0 atom stereocenters. The lowest BCUT2D eigenvalue weighted by Crippen LogP contribution is -1.80. The molecule has 1 aliphatic rings. The van der Waals surface area contributed by atoms with E-state index in [2.05, 4.69) is 11.6 Å². The van der Waals surface area contributed by atoms with Crippen LogP contribution in [0.5, 0.6) is 0 Å². The van der Waals surface area contributed by atoms with Gasteiger partial charge in [-0.15, -0.1) is 0 Å². The Bertz CT molecular complexity index is 107. The molecule has 0 saturated heterocycles. The lowest BCUT2D eigenvalue weighted by atomic mass is 10.3. The monoisotopic (exact) mass is 82.1 g/mol. The van der Waals surface area contributed by atoms with Gasteiger partial charge in [-0.25, -0.2) is 0 Å². The Balaban J connectivity index is 2.05. The van der Waals surface area contributed by atoms with Crippen molar-refractivity contribution in [2.45, 2.75) is 19.8 Å². The molecule has 0 N–H and O–H groups in total. The molecule has 0 unspecified atom stereocenters. The summed E-state index contributed by atoms with van der Waals surface area (Å²) in [4.78, 5) is 0. The Morgan fingerprint density at radius 1 is 1.83 bits per heavy atom. The van der Waals surface area contributed by atoms with Crippen molar-refractivity contribution in [2.24, 2.45) is 0 Å². The van der Waals surface area contributed by atoms with Crippen molar-refractivity contribution in [3.63, 3.8) is 0 Å². The van der Waals surface area contributed by atoms with Crippen LogP contribution in [0, 0.1) is 0 Å². The van der Waals surface area contributed by atoms with Gasteiger partial charge in [-0.2, -0.15) is 0 Å². The molecule has 1 heteroatoms. The predicted octanol–water partition coefficient (Wildman–Crippen LogP) is 0.379. The number of hydrogen-bond donors (Lipinski definition) is 0. The van der Waals surface area contributed by atoms with Crippen LogP contribution in [0.4, 0.5) is 0 Å². The van der Waals surface area contributed by atoms with Gasteiger partial charge in [0, 0.05) is 0 Å². The van der Waals surface area contributed by atoms with Crippen LogP contribution >= 0.6 is 0 Å². The Labute approximate surface area is 37.4 Å². The molecule has 0 fully saturated rings. The van der Waals surface area contributed by atoms with Gasteiger partial charge in [-0.1, -0.05) is 11.6 Å². The van der Waals surface area contributed by atoms with Gasteiger partial charge in [0.15, 0.2) is 0 Å². The Hall–Kier alpha value is -0.550. The summed E-state index contributed by atoms with van der Waals surface area (Å²) >= 11 is 0. The summed E-state index contributed by atoms with van der Waals surface area (Å²) in [5.74, 6) is 0. The van der Waals surface area contributed by atoms with Gasteiger partial charge in [0.2, 0.25) is 0 Å². The summed E-state index contributed by atoms with van der Waals surface area (Å²) in [6.07, 6.45) is 4.33. The highest BCUT2D eigenvalue weighted by Gasteiger charge is 2.19. The zero-order valence-electron chi connectivity index (χ0n) is 3.94. The van der Waals surface area contributed by atoms with Gasteiger partial charge in [0.25, 0.3) is 0 Å². The largest absolute Gasteiger partial charge is 0.384 e. The van der Waals surface area contributed by atoms with Gasteiger partial charge in [-0.05, 0) is 6.42 Å². The second-order valence-corrected chi connectivity index (χ2v) is 1.50. The summed E-state index contributed by atoms with van der Waals surface area (Å²) < 4.78 is 3.88. The van der Waals surface area contributed by atoms with Crippen LogP contribution in [-0.2, 0) is 0 Å². The van der Waals surface area contributed by atoms with E-state index >= 15 is 0 Å². The average molecular weight is 82.1 g/mol. The Kier molecular flexibility index (Phi) is 0.771. The van der Waals surface area contributed by atoms with E-state index in [0.29, 0.717) is 0 Å². The Morgan fingerprint density at radius 3 is 2.67 bits per heavy atom. The van der Waals surface area contributed by atoms with E-state index in [1.54, 1.807) is 0 Å². The fourth-order valence-corrected chi connectivity index (χ4v) is 0.431. The molecule has 0 radical (unpaired) electrons. The minimum absolute atomic E-state index is 1.18. The maximum absolute atomic E-state index is 3.88. The van der Waals surface area contributed by atoms with Crippen LogP contribution in [0.1, 0.15) is 19.8 Å². The fourth-order valence-electron chi connectivity index (χ4n) is 0.431. The minimum atomic E-state index is 1.18. The van der Waals surface area contributed by atoms with Crippen molar-refractivity contribution < 1.29 is 0 Å². The molecule has 0 aromatic rings. The quantitative estimate of drug-likeness (QED) is 0.427. The predicted molar refractivity (Wildman–Crippen MR) is 28.1 cm³/mol. The first kappa shape index (κ1) is 3.63. The minimum Gasteiger partial charge on any atom is -0.0811 e. The number of nitrogens with zero attached hydrogens (tertiary/aromatic N) is 1. The van der Waals surface area contributed by atoms with Crippen molar-refractivity contribution in [3.8, 4) is 0 Å². The van der Waals surface area contributed by atoms with Gasteiger partial charge < -0.3 is 0 Å². The van der Waals surface area contributed by atoms with E-state index in [1.165, 1.54) is 18.6 Å². The zero-order chi connectivity index (χ0) is 4.41. The van der Waals surface area contributed by atoms with Crippen molar-refractivity contribution in [2.75, 3.05) is 0 Å². The first-order valence-corrected chi connectivity index (χ1v) is 2.33. The van der Waals surface area contributed by atoms with E-state index < -0.39 is 0 Å². The lowest BCUT2D eigenvalue weighted by molar-refractivity contribution is 1.01. The highest BCUT2D eigenvalue weighted by molar-refractivity contribution is 6.39. The lowest BCUT2D eigenvalue weighted by Gasteiger charge is -1.65. The molecule has 0 saturated carbocycles. The zero-order valence-corrected chi connectivity index (χ0v) is 3.94. The highest BCUT2D eigenvalue weighted by atomic mass is 14.7. The number of hydrogen-bond acceptors (Lipinski definition) is 0. The molecular formula is C5H8N+. The van der Waals surface area contributed by atoms with Crippen molar-refractivity contribution in [1.29, 1.82) is 0 Å². The molecule has 32 valence electrons. The molecule has 0 aromatic heterocycles. The first-order chi connectivity index (χ1) is 2.93. The smallest absolute Gasteiger partial charge is 0.0811 e. The van der Waals surface area contributed by atoms with Gasteiger partial charge in [-0.3, -0.25) is 0 Å². The summed E-state index contributed by atoms with van der Waals surface area (Å²) in [5, 5.41) is 0. The Morgan fingerprint density at radius 2 is 2.50 bits per heavy atom. The van der Waals surface area contributed by atoms with Crippen LogP contribution < -0.4 is 4.67 Å². The van der Waals surface area contributed by atoms with Crippen LogP contribution in [0.3, 0.4) is 0 Å².